The minimum absolute atomic E-state index is 0.00898. The highest BCUT2D eigenvalue weighted by Crippen LogP contribution is 2.53. The van der Waals surface area contributed by atoms with Gasteiger partial charge in [-0.3, -0.25) is 19.3 Å². The summed E-state index contributed by atoms with van der Waals surface area (Å²) in [6, 6.07) is 1.81. The van der Waals surface area contributed by atoms with Crippen LogP contribution >= 0.6 is 0 Å². The molecule has 11 heteroatoms. The average Bonchev–Trinajstić information content (AvgIpc) is 2.75. The number of aliphatic imine (C=N–C) groups is 1. The van der Waals surface area contributed by atoms with Gasteiger partial charge in [0.25, 0.3) is 5.91 Å². The Morgan fingerprint density at radius 3 is 2.40 bits per heavy atom. The largest absolute Gasteiger partial charge is 0.508 e. The maximum Gasteiger partial charge on any atom is 0.255 e. The zero-order valence-corrected chi connectivity index (χ0v) is 19.8. The number of carbonyl (C=O) groups is 3. The molecular weight excluding hydrogens is 456 g/mol. The van der Waals surface area contributed by atoms with Crippen molar-refractivity contribution in [1.82, 2.24) is 9.80 Å². The van der Waals surface area contributed by atoms with Crippen molar-refractivity contribution in [2.75, 3.05) is 28.2 Å². The van der Waals surface area contributed by atoms with Gasteiger partial charge < -0.3 is 31.1 Å². The highest BCUT2D eigenvalue weighted by Gasteiger charge is 2.64. The first-order valence-electron chi connectivity index (χ1n) is 11.0. The van der Waals surface area contributed by atoms with Gasteiger partial charge >= 0.3 is 0 Å². The minimum atomic E-state index is -2.65. The predicted molar refractivity (Wildman–Crippen MR) is 126 cm³/mol. The van der Waals surface area contributed by atoms with Crippen LogP contribution in [0.25, 0.3) is 5.76 Å². The first kappa shape index (κ1) is 24.4. The van der Waals surface area contributed by atoms with E-state index < -0.39 is 58.0 Å². The van der Waals surface area contributed by atoms with E-state index in [4.69, 9.17) is 5.73 Å². The number of hydrogen-bond acceptors (Lipinski definition) is 9. The molecule has 1 amide bonds. The van der Waals surface area contributed by atoms with E-state index in [1.807, 2.05) is 0 Å². The Hall–Kier alpha value is -3.70. The molecule has 6 N–H and O–H groups in total. The second-order valence-corrected chi connectivity index (χ2v) is 9.63. The van der Waals surface area contributed by atoms with Crippen LogP contribution in [0.15, 0.2) is 34.0 Å². The van der Waals surface area contributed by atoms with Crippen LogP contribution in [0.2, 0.25) is 0 Å². The topological polar surface area (TPSA) is 177 Å². The molecule has 1 aromatic carbocycles. The third-order valence-electron chi connectivity index (χ3n) is 7.01. The number of phenolic OH excluding ortho intramolecular Hbond substituents is 1. The number of amides is 1. The Balaban J connectivity index is 1.96. The first-order valence-corrected chi connectivity index (χ1v) is 11.0. The average molecular weight is 485 g/mol. The van der Waals surface area contributed by atoms with Crippen molar-refractivity contribution < 1.29 is 34.8 Å². The predicted octanol–water partition coefficient (Wildman–Crippen LogP) is 0.185. The summed E-state index contributed by atoms with van der Waals surface area (Å²) >= 11 is 0. The standard InChI is InChI=1S/C24H28N4O7/c1-27(2)9-26-13-5-6-14(29)16-11(13)7-10-8-12-18(28(3)4)20(31)17(23(25)34)22(33)24(12,35)21(32)15(10)19(16)30/h5-6,9-10,12,18,29-30,33,35H,7-8H2,1-4H3,(H2,25,34)/t10-,12-,18-,24-/m0/s1. The number of phenols is 1. The normalized spacial score (nSPS) is 28.3. The number of nitrogens with two attached hydrogens (primary N) is 1. The fourth-order valence-corrected chi connectivity index (χ4v) is 5.53. The number of nitrogens with zero attached hydrogens (tertiary/aromatic N) is 3. The highest BCUT2D eigenvalue weighted by molar-refractivity contribution is 6.24. The zero-order chi connectivity index (χ0) is 26.0. The Kier molecular flexibility index (Phi) is 5.73. The van der Waals surface area contributed by atoms with Crippen molar-refractivity contribution in [2.24, 2.45) is 22.6 Å². The number of primary amides is 1. The van der Waals surface area contributed by atoms with E-state index in [2.05, 4.69) is 4.99 Å². The summed E-state index contributed by atoms with van der Waals surface area (Å²) in [5.74, 6) is -6.79. The van der Waals surface area contributed by atoms with E-state index in [9.17, 15) is 34.8 Å². The van der Waals surface area contributed by atoms with E-state index in [-0.39, 0.29) is 29.7 Å². The number of rotatable bonds is 4. The number of aromatic hydroxyl groups is 1. The molecule has 35 heavy (non-hydrogen) atoms. The Labute approximate surface area is 201 Å². The molecular formula is C24H28N4O7. The quantitative estimate of drug-likeness (QED) is 0.227. The molecule has 4 rings (SSSR count). The molecule has 1 fully saturated rings. The summed E-state index contributed by atoms with van der Waals surface area (Å²) in [5.41, 5.74) is 2.63. The van der Waals surface area contributed by atoms with Gasteiger partial charge in [-0.1, -0.05) is 0 Å². The maximum atomic E-state index is 13.7. The Morgan fingerprint density at radius 2 is 1.83 bits per heavy atom. The lowest BCUT2D eigenvalue weighted by molar-refractivity contribution is -0.153. The molecule has 11 nitrogen and oxygen atoms in total. The van der Waals surface area contributed by atoms with Crippen LogP contribution in [-0.2, 0) is 20.8 Å². The molecule has 1 aromatic rings. The van der Waals surface area contributed by atoms with Crippen LogP contribution < -0.4 is 5.73 Å². The number of aliphatic hydroxyl groups is 3. The van der Waals surface area contributed by atoms with Crippen LogP contribution in [0.3, 0.4) is 0 Å². The highest BCUT2D eigenvalue weighted by atomic mass is 16.3. The molecule has 0 aromatic heterocycles. The van der Waals surface area contributed by atoms with E-state index >= 15 is 0 Å². The molecule has 0 spiro atoms. The molecule has 3 aliphatic rings. The number of fused-ring (bicyclic) bond motifs is 3. The summed E-state index contributed by atoms with van der Waals surface area (Å²) in [6.07, 6.45) is 1.77. The van der Waals surface area contributed by atoms with Crippen molar-refractivity contribution >= 4 is 35.3 Å². The Morgan fingerprint density at radius 1 is 1.17 bits per heavy atom. The van der Waals surface area contributed by atoms with Gasteiger partial charge in [-0.25, -0.2) is 4.99 Å². The molecule has 0 heterocycles. The molecule has 4 atom stereocenters. The second kappa shape index (κ2) is 8.21. The van der Waals surface area contributed by atoms with Crippen LogP contribution in [0.4, 0.5) is 5.69 Å². The van der Waals surface area contributed by atoms with Crippen LogP contribution in [0.1, 0.15) is 17.5 Å². The molecule has 0 unspecified atom stereocenters. The molecule has 0 aliphatic heterocycles. The fraction of sp³-hybridized carbons (Fsp3) is 0.417. The summed E-state index contributed by atoms with van der Waals surface area (Å²) in [6.45, 7) is 0. The summed E-state index contributed by atoms with van der Waals surface area (Å²) in [7, 11) is 6.68. The van der Waals surface area contributed by atoms with Gasteiger partial charge in [0.1, 0.15) is 22.8 Å². The number of aliphatic hydroxyl groups excluding tert-OH is 2. The van der Waals surface area contributed by atoms with E-state index in [1.54, 1.807) is 45.5 Å². The van der Waals surface area contributed by atoms with E-state index in [1.165, 1.54) is 11.0 Å². The summed E-state index contributed by atoms with van der Waals surface area (Å²) in [5, 5.41) is 44.1. The van der Waals surface area contributed by atoms with Crippen molar-refractivity contribution in [2.45, 2.75) is 24.5 Å². The lowest BCUT2D eigenvalue weighted by atomic mass is 9.57. The SMILES string of the molecule is CN(C)C=Nc1ccc(O)c2c1C[C@H]1C[C@H]3[C@H](N(C)C)C(=O)C(C(N)=O)=C(O)[C@@]3(O)C(=O)C1=C2O. The van der Waals surface area contributed by atoms with Gasteiger partial charge in [-0.2, -0.15) is 0 Å². The van der Waals surface area contributed by atoms with E-state index in [0.29, 0.717) is 11.3 Å². The number of carbonyl (C=O) groups excluding carboxylic acids is 3. The van der Waals surface area contributed by atoms with Crippen molar-refractivity contribution in [3.63, 3.8) is 0 Å². The van der Waals surface area contributed by atoms with Gasteiger partial charge in [-0.05, 0) is 50.6 Å². The van der Waals surface area contributed by atoms with Gasteiger partial charge in [0.2, 0.25) is 5.78 Å². The van der Waals surface area contributed by atoms with Gasteiger partial charge in [-0.15, -0.1) is 0 Å². The fourth-order valence-electron chi connectivity index (χ4n) is 5.53. The minimum Gasteiger partial charge on any atom is -0.508 e. The van der Waals surface area contributed by atoms with Crippen LogP contribution in [0, 0.1) is 11.8 Å². The van der Waals surface area contributed by atoms with Crippen LogP contribution in [-0.4, -0.2) is 93.9 Å². The van der Waals surface area contributed by atoms with Gasteiger partial charge in [0, 0.05) is 25.6 Å². The third kappa shape index (κ3) is 3.41. The third-order valence-corrected chi connectivity index (χ3v) is 7.01. The lowest BCUT2D eigenvalue weighted by Gasteiger charge is -2.50. The monoisotopic (exact) mass is 484 g/mol. The van der Waals surface area contributed by atoms with Crippen LogP contribution in [0.5, 0.6) is 5.75 Å². The molecule has 0 radical (unpaired) electrons. The smallest absolute Gasteiger partial charge is 0.255 e. The number of likely N-dealkylation sites (N-methyl/N-ethyl adjacent to an activating group) is 1. The number of ketones is 2. The first-order chi connectivity index (χ1) is 16.3. The zero-order valence-electron chi connectivity index (χ0n) is 19.8. The molecule has 0 bridgehead atoms. The van der Waals surface area contributed by atoms with Crippen molar-refractivity contribution in [3.8, 4) is 5.75 Å². The summed E-state index contributed by atoms with van der Waals surface area (Å²) in [4.78, 5) is 46.4. The van der Waals surface area contributed by atoms with E-state index in [0.717, 1.165) is 0 Å². The molecule has 1 saturated carbocycles. The number of hydrogen-bond donors (Lipinski definition) is 5. The lowest BCUT2D eigenvalue weighted by Crippen LogP contribution is -2.65. The number of Topliss-reactive ketones (excluding diaryl/α,β-unsaturated/α-hetero) is 2. The van der Waals surface area contributed by atoms with Gasteiger partial charge in [0.05, 0.1) is 23.6 Å². The second-order valence-electron chi connectivity index (χ2n) is 9.63. The van der Waals surface area contributed by atoms with Gasteiger partial charge in [0.15, 0.2) is 11.4 Å². The van der Waals surface area contributed by atoms with Crippen molar-refractivity contribution in [1.29, 1.82) is 0 Å². The molecule has 186 valence electrons. The number of benzene rings is 1. The molecule has 3 aliphatic carbocycles. The van der Waals surface area contributed by atoms with Crippen molar-refractivity contribution in [3.05, 3.63) is 40.2 Å². The Bertz CT molecular complexity index is 1250. The molecule has 0 saturated heterocycles. The maximum absolute atomic E-state index is 13.7. The summed E-state index contributed by atoms with van der Waals surface area (Å²) < 4.78 is 0.